The van der Waals surface area contributed by atoms with E-state index in [-0.39, 0.29) is 5.54 Å². The maximum atomic E-state index is 5.81. The third-order valence-corrected chi connectivity index (χ3v) is 2.94. The monoisotopic (exact) mass is 190 g/mol. The van der Waals surface area contributed by atoms with Crippen LogP contribution in [-0.4, -0.2) is 6.04 Å². The van der Waals surface area contributed by atoms with Crippen LogP contribution in [0.2, 0.25) is 0 Å². The molecule has 2 nitrogen and oxygen atoms in total. The van der Waals surface area contributed by atoms with Gasteiger partial charge in [0.15, 0.2) is 0 Å². The lowest BCUT2D eigenvalue weighted by Gasteiger charge is -2.38. The second-order valence-electron chi connectivity index (χ2n) is 4.79. The van der Waals surface area contributed by atoms with Crippen molar-refractivity contribution in [2.45, 2.75) is 38.8 Å². The molecule has 76 valence electrons. The third-order valence-electron chi connectivity index (χ3n) is 2.94. The highest BCUT2D eigenvalue weighted by Gasteiger charge is 2.29. The van der Waals surface area contributed by atoms with Crippen molar-refractivity contribution in [3.05, 3.63) is 29.3 Å². The topological polar surface area (TPSA) is 38.0 Å². The molecule has 0 aliphatic carbocycles. The lowest BCUT2D eigenvalue weighted by Crippen LogP contribution is -2.47. The highest BCUT2D eigenvalue weighted by Crippen LogP contribution is 2.31. The first kappa shape index (κ1) is 9.53. The predicted molar refractivity (Wildman–Crippen MR) is 60.2 cm³/mol. The first-order valence-corrected chi connectivity index (χ1v) is 5.15. The van der Waals surface area contributed by atoms with Gasteiger partial charge in [-0.25, -0.2) is 0 Å². The molecule has 1 aliphatic rings. The molecular formula is C12H18N2. The van der Waals surface area contributed by atoms with Gasteiger partial charge in [0.1, 0.15) is 0 Å². The SMILES string of the molecule is CC1Cc2ccc(N)cc2C(C)(C)N1. The summed E-state index contributed by atoms with van der Waals surface area (Å²) in [6, 6.07) is 6.78. The smallest absolute Gasteiger partial charge is 0.0383 e. The van der Waals surface area contributed by atoms with Gasteiger partial charge in [-0.05, 0) is 50.5 Å². The van der Waals surface area contributed by atoms with E-state index in [2.05, 4.69) is 38.2 Å². The number of nitrogen functional groups attached to an aromatic ring is 1. The molecule has 14 heavy (non-hydrogen) atoms. The Kier molecular flexibility index (Phi) is 2.04. The van der Waals surface area contributed by atoms with E-state index in [1.807, 2.05) is 6.07 Å². The van der Waals surface area contributed by atoms with Gasteiger partial charge in [-0.15, -0.1) is 0 Å². The van der Waals surface area contributed by atoms with Gasteiger partial charge in [0.05, 0.1) is 0 Å². The minimum Gasteiger partial charge on any atom is -0.399 e. The quantitative estimate of drug-likeness (QED) is 0.614. The van der Waals surface area contributed by atoms with Crippen molar-refractivity contribution < 1.29 is 0 Å². The average Bonchev–Trinajstić information content (AvgIpc) is 2.05. The number of nitrogens with one attached hydrogen (secondary N) is 1. The number of rotatable bonds is 0. The van der Waals surface area contributed by atoms with Crippen LogP contribution in [0.15, 0.2) is 18.2 Å². The zero-order valence-electron chi connectivity index (χ0n) is 9.09. The summed E-state index contributed by atoms with van der Waals surface area (Å²) in [5.74, 6) is 0. The summed E-state index contributed by atoms with van der Waals surface area (Å²) in [4.78, 5) is 0. The summed E-state index contributed by atoms with van der Waals surface area (Å²) in [5.41, 5.74) is 9.48. The Morgan fingerprint density at radius 3 is 2.86 bits per heavy atom. The Morgan fingerprint density at radius 1 is 1.43 bits per heavy atom. The normalized spacial score (nSPS) is 24.4. The standard InChI is InChI=1S/C12H18N2/c1-8-6-9-4-5-10(13)7-11(9)12(2,3)14-8/h4-5,7-8,14H,6,13H2,1-3H3. The van der Waals surface area contributed by atoms with Crippen LogP contribution in [0.25, 0.3) is 0 Å². The molecule has 1 aliphatic heterocycles. The van der Waals surface area contributed by atoms with E-state index < -0.39 is 0 Å². The Balaban J connectivity index is 2.53. The number of hydrogen-bond acceptors (Lipinski definition) is 2. The summed E-state index contributed by atoms with van der Waals surface area (Å²) < 4.78 is 0. The molecule has 1 atom stereocenters. The van der Waals surface area contributed by atoms with Crippen LogP contribution in [0.3, 0.4) is 0 Å². The van der Waals surface area contributed by atoms with Gasteiger partial charge in [-0.2, -0.15) is 0 Å². The highest BCUT2D eigenvalue weighted by atomic mass is 15.0. The van der Waals surface area contributed by atoms with Crippen molar-refractivity contribution >= 4 is 5.69 Å². The van der Waals surface area contributed by atoms with Gasteiger partial charge < -0.3 is 11.1 Å². The zero-order valence-corrected chi connectivity index (χ0v) is 9.09. The molecule has 2 rings (SSSR count). The third kappa shape index (κ3) is 1.50. The van der Waals surface area contributed by atoms with Crippen molar-refractivity contribution in [3.8, 4) is 0 Å². The first-order valence-electron chi connectivity index (χ1n) is 5.15. The zero-order chi connectivity index (χ0) is 10.3. The Morgan fingerprint density at radius 2 is 2.14 bits per heavy atom. The van der Waals surface area contributed by atoms with Gasteiger partial charge >= 0.3 is 0 Å². The van der Waals surface area contributed by atoms with Crippen LogP contribution in [0.4, 0.5) is 5.69 Å². The number of hydrogen-bond donors (Lipinski definition) is 2. The summed E-state index contributed by atoms with van der Waals surface area (Å²) in [5, 5.41) is 3.58. The lowest BCUT2D eigenvalue weighted by atomic mass is 9.82. The van der Waals surface area contributed by atoms with E-state index in [1.54, 1.807) is 0 Å². The summed E-state index contributed by atoms with van der Waals surface area (Å²) >= 11 is 0. The van der Waals surface area contributed by atoms with Gasteiger partial charge in [-0.3, -0.25) is 0 Å². The molecule has 0 radical (unpaired) electrons. The van der Waals surface area contributed by atoms with Crippen molar-refractivity contribution in [1.82, 2.24) is 5.32 Å². The first-order chi connectivity index (χ1) is 6.49. The number of nitrogens with two attached hydrogens (primary N) is 1. The molecule has 0 spiro atoms. The molecule has 1 unspecified atom stereocenters. The predicted octanol–water partition coefficient (Wildman–Crippen LogP) is 2.04. The van der Waals surface area contributed by atoms with Crippen molar-refractivity contribution in [3.63, 3.8) is 0 Å². The lowest BCUT2D eigenvalue weighted by molar-refractivity contribution is 0.325. The van der Waals surface area contributed by atoms with Gasteiger partial charge in [-0.1, -0.05) is 6.07 Å². The maximum Gasteiger partial charge on any atom is 0.0383 e. The Hall–Kier alpha value is -1.02. The van der Waals surface area contributed by atoms with E-state index in [9.17, 15) is 0 Å². The average molecular weight is 190 g/mol. The van der Waals surface area contributed by atoms with E-state index in [0.717, 1.165) is 12.1 Å². The number of anilines is 1. The summed E-state index contributed by atoms with van der Waals surface area (Å²) in [7, 11) is 0. The molecule has 2 heteroatoms. The fourth-order valence-electron chi connectivity index (χ4n) is 2.43. The molecule has 1 aromatic rings. The van der Waals surface area contributed by atoms with E-state index in [4.69, 9.17) is 5.73 Å². The van der Waals surface area contributed by atoms with Crippen molar-refractivity contribution in [1.29, 1.82) is 0 Å². The van der Waals surface area contributed by atoms with Gasteiger partial charge in [0.2, 0.25) is 0 Å². The molecule has 1 aromatic carbocycles. The van der Waals surface area contributed by atoms with E-state index >= 15 is 0 Å². The molecule has 1 heterocycles. The van der Waals surface area contributed by atoms with E-state index in [1.165, 1.54) is 11.1 Å². The molecule has 0 bridgehead atoms. The fourth-order valence-corrected chi connectivity index (χ4v) is 2.43. The molecule has 0 saturated carbocycles. The second-order valence-corrected chi connectivity index (χ2v) is 4.79. The molecule has 0 fully saturated rings. The molecule has 3 N–H and O–H groups in total. The molecule has 0 saturated heterocycles. The van der Waals surface area contributed by atoms with Crippen LogP contribution in [0, 0.1) is 0 Å². The van der Waals surface area contributed by atoms with Crippen LogP contribution in [0.1, 0.15) is 31.9 Å². The molecule has 0 aromatic heterocycles. The highest BCUT2D eigenvalue weighted by molar-refractivity contribution is 5.48. The minimum atomic E-state index is 0.0440. The Bertz CT molecular complexity index is 355. The van der Waals surface area contributed by atoms with Crippen molar-refractivity contribution in [2.75, 3.05) is 5.73 Å². The minimum absolute atomic E-state index is 0.0440. The Labute approximate surface area is 85.5 Å². The largest absolute Gasteiger partial charge is 0.399 e. The van der Waals surface area contributed by atoms with Crippen LogP contribution in [0.5, 0.6) is 0 Å². The summed E-state index contributed by atoms with van der Waals surface area (Å²) in [6.07, 6.45) is 1.10. The maximum absolute atomic E-state index is 5.81. The molecular weight excluding hydrogens is 172 g/mol. The summed E-state index contributed by atoms with van der Waals surface area (Å²) in [6.45, 7) is 6.64. The second kappa shape index (κ2) is 2.99. The van der Waals surface area contributed by atoms with Crippen LogP contribution in [-0.2, 0) is 12.0 Å². The fraction of sp³-hybridized carbons (Fsp3) is 0.500. The van der Waals surface area contributed by atoms with Crippen LogP contribution >= 0.6 is 0 Å². The molecule has 0 amide bonds. The van der Waals surface area contributed by atoms with E-state index in [0.29, 0.717) is 6.04 Å². The van der Waals surface area contributed by atoms with Gasteiger partial charge in [0, 0.05) is 17.3 Å². The number of benzene rings is 1. The van der Waals surface area contributed by atoms with Gasteiger partial charge in [0.25, 0.3) is 0 Å². The number of fused-ring (bicyclic) bond motifs is 1. The van der Waals surface area contributed by atoms with Crippen molar-refractivity contribution in [2.24, 2.45) is 0 Å². The van der Waals surface area contributed by atoms with Crippen LogP contribution < -0.4 is 11.1 Å².